The Morgan fingerprint density at radius 1 is 1.06 bits per heavy atom. The standard InChI is InChI=1S/C13H13FN2/c1-9-2-5-11(6-3-9)16-13-7-4-10(15)8-12(13)14/h2-8,16H,15H2,1H3. The molecule has 0 unspecified atom stereocenters. The predicted octanol–water partition coefficient (Wildman–Crippen LogP) is 3.46. The minimum atomic E-state index is -0.347. The maximum Gasteiger partial charge on any atom is 0.148 e. The molecule has 3 heteroatoms. The van der Waals surface area contributed by atoms with Crippen LogP contribution in [0.5, 0.6) is 0 Å². The molecule has 2 aromatic rings. The zero-order valence-corrected chi connectivity index (χ0v) is 9.00. The molecule has 2 nitrogen and oxygen atoms in total. The largest absolute Gasteiger partial charge is 0.399 e. The summed E-state index contributed by atoms with van der Waals surface area (Å²) >= 11 is 0. The first-order chi connectivity index (χ1) is 7.65. The van der Waals surface area contributed by atoms with Gasteiger partial charge in [-0.2, -0.15) is 0 Å². The molecule has 0 atom stereocenters. The molecule has 0 bridgehead atoms. The van der Waals surface area contributed by atoms with Crippen LogP contribution in [0.25, 0.3) is 0 Å². The lowest BCUT2D eigenvalue weighted by atomic mass is 10.2. The molecule has 0 aromatic heterocycles. The van der Waals surface area contributed by atoms with Gasteiger partial charge < -0.3 is 11.1 Å². The molecule has 0 fully saturated rings. The highest BCUT2D eigenvalue weighted by molar-refractivity contribution is 5.62. The molecule has 3 N–H and O–H groups in total. The van der Waals surface area contributed by atoms with E-state index in [0.717, 1.165) is 5.69 Å². The van der Waals surface area contributed by atoms with Crippen LogP contribution in [0.4, 0.5) is 21.5 Å². The van der Waals surface area contributed by atoms with E-state index in [1.54, 1.807) is 12.1 Å². The van der Waals surface area contributed by atoms with Gasteiger partial charge in [0, 0.05) is 11.4 Å². The molecule has 0 saturated heterocycles. The second-order valence-corrected chi connectivity index (χ2v) is 3.73. The summed E-state index contributed by atoms with van der Waals surface area (Å²) in [6.45, 7) is 2.01. The molecule has 0 aliphatic rings. The van der Waals surface area contributed by atoms with Gasteiger partial charge >= 0.3 is 0 Å². The van der Waals surface area contributed by atoms with Gasteiger partial charge in [-0.15, -0.1) is 0 Å². The minimum Gasteiger partial charge on any atom is -0.399 e. The number of aryl methyl sites for hydroxylation is 1. The summed E-state index contributed by atoms with van der Waals surface area (Å²) < 4.78 is 13.5. The molecule has 0 radical (unpaired) electrons. The number of anilines is 3. The van der Waals surface area contributed by atoms with Crippen molar-refractivity contribution in [1.82, 2.24) is 0 Å². The number of hydrogen-bond donors (Lipinski definition) is 2. The van der Waals surface area contributed by atoms with E-state index >= 15 is 0 Å². The van der Waals surface area contributed by atoms with Crippen molar-refractivity contribution in [2.75, 3.05) is 11.1 Å². The van der Waals surface area contributed by atoms with E-state index < -0.39 is 0 Å². The van der Waals surface area contributed by atoms with Crippen molar-refractivity contribution in [1.29, 1.82) is 0 Å². The van der Waals surface area contributed by atoms with E-state index in [1.807, 2.05) is 31.2 Å². The van der Waals surface area contributed by atoms with E-state index in [1.165, 1.54) is 11.6 Å². The fourth-order valence-corrected chi connectivity index (χ4v) is 1.43. The Kier molecular flexibility index (Phi) is 2.77. The number of nitrogen functional groups attached to an aromatic ring is 1. The average Bonchev–Trinajstić information content (AvgIpc) is 2.25. The second-order valence-electron chi connectivity index (χ2n) is 3.73. The fourth-order valence-electron chi connectivity index (χ4n) is 1.43. The quantitative estimate of drug-likeness (QED) is 0.754. The van der Waals surface area contributed by atoms with Gasteiger partial charge in [-0.05, 0) is 37.3 Å². The van der Waals surface area contributed by atoms with Crippen LogP contribution in [0.1, 0.15) is 5.56 Å². The number of nitrogens with one attached hydrogen (secondary N) is 1. The topological polar surface area (TPSA) is 38.0 Å². The van der Waals surface area contributed by atoms with E-state index in [-0.39, 0.29) is 5.82 Å². The van der Waals surface area contributed by atoms with Crippen LogP contribution in [0.15, 0.2) is 42.5 Å². The Balaban J connectivity index is 2.23. The monoisotopic (exact) mass is 216 g/mol. The smallest absolute Gasteiger partial charge is 0.148 e. The normalized spacial score (nSPS) is 10.1. The summed E-state index contributed by atoms with van der Waals surface area (Å²) in [5.41, 5.74) is 8.35. The Morgan fingerprint density at radius 3 is 2.38 bits per heavy atom. The highest BCUT2D eigenvalue weighted by Gasteiger charge is 2.02. The van der Waals surface area contributed by atoms with Gasteiger partial charge in [0.1, 0.15) is 5.82 Å². The summed E-state index contributed by atoms with van der Waals surface area (Å²) in [7, 11) is 0. The van der Waals surface area contributed by atoms with Gasteiger partial charge in [0.05, 0.1) is 5.69 Å². The zero-order valence-electron chi connectivity index (χ0n) is 9.00. The maximum absolute atomic E-state index is 13.5. The van der Waals surface area contributed by atoms with Crippen molar-refractivity contribution in [3.8, 4) is 0 Å². The second kappa shape index (κ2) is 4.23. The van der Waals surface area contributed by atoms with Crippen LogP contribution in [0.2, 0.25) is 0 Å². The van der Waals surface area contributed by atoms with Gasteiger partial charge in [-0.25, -0.2) is 4.39 Å². The third-order valence-corrected chi connectivity index (χ3v) is 2.32. The van der Waals surface area contributed by atoms with Crippen molar-refractivity contribution in [3.05, 3.63) is 53.8 Å². The third kappa shape index (κ3) is 2.31. The molecule has 0 saturated carbocycles. The first kappa shape index (κ1) is 10.5. The van der Waals surface area contributed by atoms with Crippen LogP contribution >= 0.6 is 0 Å². The summed E-state index contributed by atoms with van der Waals surface area (Å²) in [5.74, 6) is -0.347. The van der Waals surface area contributed by atoms with Gasteiger partial charge in [-0.3, -0.25) is 0 Å². The van der Waals surface area contributed by atoms with Crippen molar-refractivity contribution in [2.45, 2.75) is 6.92 Å². The number of halogens is 1. The summed E-state index contributed by atoms with van der Waals surface area (Å²) in [6, 6.07) is 12.4. The highest BCUT2D eigenvalue weighted by atomic mass is 19.1. The Morgan fingerprint density at radius 2 is 1.75 bits per heavy atom. The van der Waals surface area contributed by atoms with Crippen LogP contribution in [-0.2, 0) is 0 Å². The van der Waals surface area contributed by atoms with Crippen LogP contribution in [0.3, 0.4) is 0 Å². The first-order valence-electron chi connectivity index (χ1n) is 5.04. The lowest BCUT2D eigenvalue weighted by Crippen LogP contribution is -1.95. The molecular formula is C13H13FN2. The third-order valence-electron chi connectivity index (χ3n) is 2.32. The van der Waals surface area contributed by atoms with E-state index in [0.29, 0.717) is 11.4 Å². The molecule has 0 aliphatic carbocycles. The molecule has 0 amide bonds. The Labute approximate surface area is 93.9 Å². The number of nitrogens with two attached hydrogens (primary N) is 1. The van der Waals surface area contributed by atoms with Gasteiger partial charge in [0.2, 0.25) is 0 Å². The van der Waals surface area contributed by atoms with Gasteiger partial charge in [-0.1, -0.05) is 17.7 Å². The molecule has 2 aromatic carbocycles. The van der Waals surface area contributed by atoms with Gasteiger partial charge in [0.15, 0.2) is 0 Å². The van der Waals surface area contributed by atoms with Crippen LogP contribution < -0.4 is 11.1 Å². The number of hydrogen-bond acceptors (Lipinski definition) is 2. The molecule has 82 valence electrons. The Hall–Kier alpha value is -2.03. The molecule has 0 heterocycles. The van der Waals surface area contributed by atoms with Crippen LogP contribution in [-0.4, -0.2) is 0 Å². The fraction of sp³-hybridized carbons (Fsp3) is 0.0769. The molecular weight excluding hydrogens is 203 g/mol. The van der Waals surface area contributed by atoms with E-state index in [4.69, 9.17) is 5.73 Å². The van der Waals surface area contributed by atoms with Gasteiger partial charge in [0.25, 0.3) is 0 Å². The number of rotatable bonds is 2. The minimum absolute atomic E-state index is 0.347. The summed E-state index contributed by atoms with van der Waals surface area (Å²) in [4.78, 5) is 0. The van der Waals surface area contributed by atoms with Crippen molar-refractivity contribution < 1.29 is 4.39 Å². The van der Waals surface area contributed by atoms with Crippen molar-refractivity contribution >= 4 is 17.1 Å². The summed E-state index contributed by atoms with van der Waals surface area (Å²) in [5, 5.41) is 3.00. The number of benzene rings is 2. The Bertz CT molecular complexity index is 492. The predicted molar refractivity (Wildman–Crippen MR) is 65.3 cm³/mol. The summed E-state index contributed by atoms with van der Waals surface area (Å²) in [6.07, 6.45) is 0. The highest BCUT2D eigenvalue weighted by Crippen LogP contribution is 2.21. The molecule has 0 spiro atoms. The van der Waals surface area contributed by atoms with E-state index in [2.05, 4.69) is 5.32 Å². The average molecular weight is 216 g/mol. The van der Waals surface area contributed by atoms with Crippen molar-refractivity contribution in [2.24, 2.45) is 0 Å². The van der Waals surface area contributed by atoms with E-state index in [9.17, 15) is 4.39 Å². The molecule has 2 rings (SSSR count). The lowest BCUT2D eigenvalue weighted by Gasteiger charge is -2.08. The SMILES string of the molecule is Cc1ccc(Nc2ccc(N)cc2F)cc1. The molecule has 16 heavy (non-hydrogen) atoms. The zero-order chi connectivity index (χ0) is 11.5. The van der Waals surface area contributed by atoms with Crippen molar-refractivity contribution in [3.63, 3.8) is 0 Å². The lowest BCUT2D eigenvalue weighted by molar-refractivity contribution is 0.632. The first-order valence-corrected chi connectivity index (χ1v) is 5.04. The van der Waals surface area contributed by atoms with Crippen LogP contribution in [0, 0.1) is 12.7 Å². The maximum atomic E-state index is 13.5. The molecule has 0 aliphatic heterocycles.